The molecular weight excluding hydrogens is 462 g/mol. The highest BCUT2D eigenvalue weighted by Crippen LogP contribution is 2.68. The number of rotatable bonds is 8. The molecule has 0 unspecified atom stereocenters. The predicted molar refractivity (Wildman–Crippen MR) is 141 cm³/mol. The van der Waals surface area contributed by atoms with Crippen molar-refractivity contribution in [3.8, 4) is 0 Å². The second kappa shape index (κ2) is 11.4. The Bertz CT molecular complexity index is 755. The van der Waals surface area contributed by atoms with E-state index in [-0.39, 0.29) is 47.3 Å². The molecule has 0 saturated heterocycles. The Kier molecular flexibility index (Phi) is 9.41. The number of halogens is 1. The van der Waals surface area contributed by atoms with E-state index in [1.54, 1.807) is 6.92 Å². The fraction of sp³-hybridized carbons (Fsp3) is 0.931. The van der Waals surface area contributed by atoms with E-state index >= 15 is 0 Å². The number of aliphatic hydroxyl groups is 1. The van der Waals surface area contributed by atoms with Gasteiger partial charge in [-0.15, -0.1) is 12.4 Å². The molecule has 35 heavy (non-hydrogen) atoms. The van der Waals surface area contributed by atoms with Crippen LogP contribution in [0.4, 0.5) is 0 Å². The van der Waals surface area contributed by atoms with Gasteiger partial charge in [-0.2, -0.15) is 0 Å². The van der Waals surface area contributed by atoms with Crippen molar-refractivity contribution in [2.24, 2.45) is 40.4 Å². The first kappa shape index (κ1) is 28.9. The number of ketones is 1. The van der Waals surface area contributed by atoms with Gasteiger partial charge in [0.05, 0.1) is 12.6 Å². The van der Waals surface area contributed by atoms with Crippen molar-refractivity contribution in [2.45, 2.75) is 111 Å². The number of carbonyl (C=O) groups is 2. The lowest BCUT2D eigenvalue weighted by molar-refractivity contribution is -0.199. The average Bonchev–Trinajstić information content (AvgIpc) is 3.11. The van der Waals surface area contributed by atoms with E-state index in [0.717, 1.165) is 77.3 Å². The molecule has 1 N–H and O–H groups in total. The number of fused-ring (bicyclic) bond motifs is 5. The standard InChI is InChI=1S/C29H49NO4.ClH/c1-6-14-30(15-7-2)18-26(33)34-25-17-29(5)23(19(3)31)10-11-24(29)22-9-8-20-16-21(32)12-13-28(20,4)27(22)25;/h20-25,27,32H,6-18H2,1-5H3;1H/t20-,21+,22-,23+,24-,25-,27+,28-,29+;/m0./s1. The van der Waals surface area contributed by atoms with Crippen LogP contribution in [0.5, 0.6) is 0 Å². The van der Waals surface area contributed by atoms with Crippen LogP contribution in [0.1, 0.15) is 98.8 Å². The summed E-state index contributed by atoms with van der Waals surface area (Å²) in [6.45, 7) is 13.0. The largest absolute Gasteiger partial charge is 0.461 e. The van der Waals surface area contributed by atoms with Crippen molar-refractivity contribution in [2.75, 3.05) is 19.6 Å². The SMILES string of the molecule is CCCN(CCC)CC(=O)O[C@H]1C[C@]2(C)[C@@H](C(C)=O)CC[C@H]2[C@@H]2CC[C@H]3C[C@H](O)CC[C@]3(C)[C@H]21.Cl. The van der Waals surface area contributed by atoms with Crippen molar-refractivity contribution >= 4 is 24.2 Å². The summed E-state index contributed by atoms with van der Waals surface area (Å²) in [7, 11) is 0. The van der Waals surface area contributed by atoms with Gasteiger partial charge < -0.3 is 9.84 Å². The molecule has 6 heteroatoms. The second-order valence-corrected chi connectivity index (χ2v) is 12.8. The van der Waals surface area contributed by atoms with Gasteiger partial charge >= 0.3 is 5.97 Å². The molecule has 4 saturated carbocycles. The third-order valence-electron chi connectivity index (χ3n) is 10.8. The van der Waals surface area contributed by atoms with Crippen LogP contribution in [0.2, 0.25) is 0 Å². The zero-order valence-corrected chi connectivity index (χ0v) is 23.6. The first-order chi connectivity index (χ1) is 16.1. The molecule has 4 aliphatic rings. The molecule has 0 heterocycles. The highest BCUT2D eigenvalue weighted by molar-refractivity contribution is 5.85. The number of aliphatic hydroxyl groups excluding tert-OH is 1. The molecule has 0 spiro atoms. The zero-order valence-electron chi connectivity index (χ0n) is 22.8. The smallest absolute Gasteiger partial charge is 0.320 e. The Morgan fingerprint density at radius 1 is 1.00 bits per heavy atom. The lowest BCUT2D eigenvalue weighted by Crippen LogP contribution is -2.60. The highest BCUT2D eigenvalue weighted by atomic mass is 35.5. The molecule has 4 aliphatic carbocycles. The molecule has 5 nitrogen and oxygen atoms in total. The number of ether oxygens (including phenoxy) is 1. The molecule has 0 aromatic rings. The number of esters is 1. The van der Waals surface area contributed by atoms with Crippen LogP contribution in [-0.2, 0) is 14.3 Å². The van der Waals surface area contributed by atoms with E-state index in [0.29, 0.717) is 36.0 Å². The van der Waals surface area contributed by atoms with Crippen LogP contribution in [0.15, 0.2) is 0 Å². The van der Waals surface area contributed by atoms with Gasteiger partial charge in [0.1, 0.15) is 11.9 Å². The molecule has 0 aromatic carbocycles. The van der Waals surface area contributed by atoms with Crippen LogP contribution < -0.4 is 0 Å². The van der Waals surface area contributed by atoms with Crippen LogP contribution >= 0.6 is 12.4 Å². The maximum atomic E-state index is 13.3. The quantitative estimate of drug-likeness (QED) is 0.426. The molecule has 0 bridgehead atoms. The molecule has 0 aliphatic heterocycles. The van der Waals surface area contributed by atoms with E-state index in [1.165, 1.54) is 0 Å². The Labute approximate surface area is 219 Å². The minimum absolute atomic E-state index is 0. The molecule has 0 amide bonds. The lowest BCUT2D eigenvalue weighted by atomic mass is 9.43. The number of nitrogens with zero attached hydrogens (tertiary/aromatic N) is 1. The van der Waals surface area contributed by atoms with Gasteiger partial charge in [0.2, 0.25) is 0 Å². The molecule has 9 atom stereocenters. The molecule has 4 fully saturated rings. The summed E-state index contributed by atoms with van der Waals surface area (Å²) >= 11 is 0. The Balaban J connectivity index is 0.00000342. The summed E-state index contributed by atoms with van der Waals surface area (Å²) in [5.74, 6) is 2.22. The summed E-state index contributed by atoms with van der Waals surface area (Å²) in [5.41, 5.74) is 0.0388. The summed E-state index contributed by atoms with van der Waals surface area (Å²) in [6, 6.07) is 0. The van der Waals surface area contributed by atoms with Crippen LogP contribution in [0, 0.1) is 40.4 Å². The maximum absolute atomic E-state index is 13.3. The van der Waals surface area contributed by atoms with Gasteiger partial charge in [-0.3, -0.25) is 14.5 Å². The highest BCUT2D eigenvalue weighted by Gasteiger charge is 2.64. The van der Waals surface area contributed by atoms with E-state index in [2.05, 4.69) is 32.6 Å². The summed E-state index contributed by atoms with van der Waals surface area (Å²) in [5, 5.41) is 10.4. The van der Waals surface area contributed by atoms with Crippen molar-refractivity contribution in [3.63, 3.8) is 0 Å². The predicted octanol–water partition coefficient (Wildman–Crippen LogP) is 5.66. The molecular formula is C29H50ClNO4. The lowest BCUT2D eigenvalue weighted by Gasteiger charge is -2.62. The number of hydrogen-bond donors (Lipinski definition) is 1. The van der Waals surface area contributed by atoms with Crippen LogP contribution in [-0.4, -0.2) is 53.6 Å². The number of carbonyl (C=O) groups excluding carboxylic acids is 2. The summed E-state index contributed by atoms with van der Waals surface area (Å²) in [6.07, 6.45) is 9.77. The van der Waals surface area contributed by atoms with E-state index < -0.39 is 0 Å². The van der Waals surface area contributed by atoms with Crippen LogP contribution in [0.25, 0.3) is 0 Å². The minimum Gasteiger partial charge on any atom is -0.461 e. The van der Waals surface area contributed by atoms with E-state index in [1.807, 2.05) is 0 Å². The van der Waals surface area contributed by atoms with Crippen molar-refractivity contribution in [3.05, 3.63) is 0 Å². The van der Waals surface area contributed by atoms with Crippen LogP contribution in [0.3, 0.4) is 0 Å². The molecule has 0 radical (unpaired) electrons. The zero-order chi connectivity index (χ0) is 24.7. The van der Waals surface area contributed by atoms with Crippen molar-refractivity contribution < 1.29 is 19.4 Å². The fourth-order valence-corrected chi connectivity index (χ4v) is 9.39. The Morgan fingerprint density at radius 3 is 2.31 bits per heavy atom. The fourth-order valence-electron chi connectivity index (χ4n) is 9.39. The maximum Gasteiger partial charge on any atom is 0.320 e. The molecule has 202 valence electrons. The van der Waals surface area contributed by atoms with Gasteiger partial charge in [0.15, 0.2) is 0 Å². The average molecular weight is 512 g/mol. The molecule has 0 aromatic heterocycles. The third-order valence-corrected chi connectivity index (χ3v) is 10.8. The molecule has 4 rings (SSSR count). The topological polar surface area (TPSA) is 66.8 Å². The van der Waals surface area contributed by atoms with Gasteiger partial charge in [-0.05, 0) is 113 Å². The summed E-state index contributed by atoms with van der Waals surface area (Å²) in [4.78, 5) is 28.2. The van der Waals surface area contributed by atoms with Gasteiger partial charge in [0.25, 0.3) is 0 Å². The summed E-state index contributed by atoms with van der Waals surface area (Å²) < 4.78 is 6.47. The third kappa shape index (κ3) is 5.34. The normalized spacial score (nSPS) is 42.4. The van der Waals surface area contributed by atoms with Gasteiger partial charge in [-0.1, -0.05) is 27.7 Å². The first-order valence-corrected chi connectivity index (χ1v) is 14.2. The minimum atomic E-state index is -0.185. The first-order valence-electron chi connectivity index (χ1n) is 14.2. The van der Waals surface area contributed by atoms with Gasteiger partial charge in [0, 0.05) is 11.8 Å². The Hall–Kier alpha value is -0.650. The second-order valence-electron chi connectivity index (χ2n) is 12.8. The van der Waals surface area contributed by atoms with Crippen molar-refractivity contribution in [1.29, 1.82) is 0 Å². The van der Waals surface area contributed by atoms with E-state index in [4.69, 9.17) is 4.74 Å². The number of Topliss-reactive ketones (excluding diaryl/α,β-unsaturated/α-hetero) is 1. The van der Waals surface area contributed by atoms with Gasteiger partial charge in [-0.25, -0.2) is 0 Å². The monoisotopic (exact) mass is 511 g/mol. The van der Waals surface area contributed by atoms with Crippen molar-refractivity contribution in [1.82, 2.24) is 4.90 Å². The Morgan fingerprint density at radius 2 is 1.69 bits per heavy atom. The number of hydrogen-bond acceptors (Lipinski definition) is 5. The van der Waals surface area contributed by atoms with E-state index in [9.17, 15) is 14.7 Å².